The van der Waals surface area contributed by atoms with Gasteiger partial charge in [0.1, 0.15) is 10.6 Å². The van der Waals surface area contributed by atoms with E-state index in [4.69, 9.17) is 11.6 Å². The lowest BCUT2D eigenvalue weighted by molar-refractivity contribution is 0.0932. The van der Waals surface area contributed by atoms with Gasteiger partial charge < -0.3 is 10.3 Å². The monoisotopic (exact) mass is 489 g/mol. The van der Waals surface area contributed by atoms with Gasteiger partial charge in [0.25, 0.3) is 5.91 Å². The smallest absolute Gasteiger partial charge is 0.268 e. The first kappa shape index (κ1) is 22.9. The van der Waals surface area contributed by atoms with Crippen LogP contribution in [0.4, 0.5) is 0 Å². The van der Waals surface area contributed by atoms with Crippen LogP contribution in [-0.4, -0.2) is 48.2 Å². The average molecular weight is 490 g/mol. The lowest BCUT2D eigenvalue weighted by Gasteiger charge is -2.24. The van der Waals surface area contributed by atoms with Crippen molar-refractivity contribution in [2.75, 3.05) is 24.6 Å². The van der Waals surface area contributed by atoms with E-state index in [1.54, 1.807) is 11.8 Å². The van der Waals surface area contributed by atoms with Crippen molar-refractivity contribution >= 4 is 39.3 Å². The highest BCUT2D eigenvalue weighted by molar-refractivity contribution is 7.99. The molecule has 1 aliphatic heterocycles. The Labute approximate surface area is 197 Å². The standard InChI is InChI=1S/C23H24ClN3O3S2/c24-20-9-5-4-8-18(20)14-21(17-6-2-1-3-7-17)26-23(28)22-15-19(16-25-22)32(29,30)27-10-12-31-13-11-27/h1-9,15-16,21,25H,10-14H2,(H,26,28). The Hall–Kier alpha value is -2.26. The fourth-order valence-electron chi connectivity index (χ4n) is 3.65. The Morgan fingerprint density at radius 1 is 1.09 bits per heavy atom. The topological polar surface area (TPSA) is 82.3 Å². The lowest BCUT2D eigenvalue weighted by atomic mass is 9.98. The van der Waals surface area contributed by atoms with E-state index < -0.39 is 10.0 Å². The van der Waals surface area contributed by atoms with Gasteiger partial charge in [0.15, 0.2) is 0 Å². The van der Waals surface area contributed by atoms with Crippen LogP contribution in [0.25, 0.3) is 0 Å². The van der Waals surface area contributed by atoms with Gasteiger partial charge in [0.2, 0.25) is 10.0 Å². The molecule has 2 N–H and O–H groups in total. The molecule has 2 heterocycles. The van der Waals surface area contributed by atoms with E-state index in [0.29, 0.717) is 24.5 Å². The quantitative estimate of drug-likeness (QED) is 0.523. The maximum atomic E-state index is 13.0. The molecule has 0 spiro atoms. The minimum Gasteiger partial charge on any atom is -0.356 e. The first-order valence-electron chi connectivity index (χ1n) is 10.3. The molecule has 1 amide bonds. The number of hydrogen-bond acceptors (Lipinski definition) is 4. The van der Waals surface area contributed by atoms with Crippen molar-refractivity contribution < 1.29 is 13.2 Å². The number of benzene rings is 2. The van der Waals surface area contributed by atoms with Gasteiger partial charge in [-0.15, -0.1) is 0 Å². The van der Waals surface area contributed by atoms with Crippen LogP contribution in [0.1, 0.15) is 27.7 Å². The Morgan fingerprint density at radius 3 is 2.50 bits per heavy atom. The molecule has 3 aromatic rings. The summed E-state index contributed by atoms with van der Waals surface area (Å²) < 4.78 is 27.3. The van der Waals surface area contributed by atoms with Crippen molar-refractivity contribution in [3.8, 4) is 0 Å². The number of carbonyl (C=O) groups is 1. The third-order valence-corrected chi connectivity index (χ3v) is 8.59. The molecule has 1 aliphatic rings. The van der Waals surface area contributed by atoms with Crippen LogP contribution in [-0.2, 0) is 16.4 Å². The number of nitrogens with one attached hydrogen (secondary N) is 2. The van der Waals surface area contributed by atoms with Crippen LogP contribution in [0.3, 0.4) is 0 Å². The van der Waals surface area contributed by atoms with Crippen LogP contribution < -0.4 is 5.32 Å². The second kappa shape index (κ2) is 10.1. The molecule has 1 fully saturated rings. The number of amides is 1. The maximum Gasteiger partial charge on any atom is 0.268 e. The highest BCUT2D eigenvalue weighted by atomic mass is 35.5. The first-order chi connectivity index (χ1) is 15.4. The highest BCUT2D eigenvalue weighted by Crippen LogP contribution is 2.25. The number of aromatic nitrogens is 1. The van der Waals surface area contributed by atoms with Crippen molar-refractivity contribution in [2.45, 2.75) is 17.4 Å². The number of H-pyrrole nitrogens is 1. The zero-order valence-corrected chi connectivity index (χ0v) is 19.7. The van der Waals surface area contributed by atoms with E-state index in [2.05, 4.69) is 10.3 Å². The van der Waals surface area contributed by atoms with E-state index in [0.717, 1.165) is 22.6 Å². The highest BCUT2D eigenvalue weighted by Gasteiger charge is 2.28. The summed E-state index contributed by atoms with van der Waals surface area (Å²) in [4.78, 5) is 16.0. The molecular weight excluding hydrogens is 466 g/mol. The number of halogens is 1. The van der Waals surface area contributed by atoms with Crippen LogP contribution >= 0.6 is 23.4 Å². The fraction of sp³-hybridized carbons (Fsp3) is 0.261. The molecule has 0 bridgehead atoms. The Bertz CT molecular complexity index is 1180. The van der Waals surface area contributed by atoms with E-state index in [-0.39, 0.29) is 22.5 Å². The largest absolute Gasteiger partial charge is 0.356 e. The van der Waals surface area contributed by atoms with Gasteiger partial charge in [-0.2, -0.15) is 16.1 Å². The van der Waals surface area contributed by atoms with Gasteiger partial charge in [-0.05, 0) is 29.7 Å². The number of aromatic amines is 1. The molecule has 1 saturated heterocycles. The number of carbonyl (C=O) groups excluding carboxylic acids is 1. The summed E-state index contributed by atoms with van der Waals surface area (Å²) in [5.41, 5.74) is 2.06. The van der Waals surface area contributed by atoms with Gasteiger partial charge in [0, 0.05) is 35.8 Å². The zero-order valence-electron chi connectivity index (χ0n) is 17.3. The molecule has 9 heteroatoms. The SMILES string of the molecule is O=C(NC(Cc1ccccc1Cl)c1ccccc1)c1cc(S(=O)(=O)N2CCSCC2)c[nH]1. The number of rotatable bonds is 7. The fourth-order valence-corrected chi connectivity index (χ4v) is 6.43. The number of hydrogen-bond donors (Lipinski definition) is 2. The molecule has 0 radical (unpaired) electrons. The van der Waals surface area contributed by atoms with E-state index in [1.165, 1.54) is 16.6 Å². The van der Waals surface area contributed by atoms with Crippen LogP contribution in [0, 0.1) is 0 Å². The molecule has 168 valence electrons. The summed E-state index contributed by atoms with van der Waals surface area (Å²) >= 11 is 8.08. The molecule has 4 rings (SSSR count). The molecule has 2 aromatic carbocycles. The van der Waals surface area contributed by atoms with Gasteiger partial charge in [-0.25, -0.2) is 8.42 Å². The molecule has 0 saturated carbocycles. The van der Waals surface area contributed by atoms with Crippen molar-refractivity contribution in [1.29, 1.82) is 0 Å². The summed E-state index contributed by atoms with van der Waals surface area (Å²) in [6, 6.07) is 18.2. The van der Waals surface area contributed by atoms with Crippen molar-refractivity contribution in [1.82, 2.24) is 14.6 Å². The van der Waals surface area contributed by atoms with Crippen molar-refractivity contribution in [3.63, 3.8) is 0 Å². The summed E-state index contributed by atoms with van der Waals surface area (Å²) in [5, 5.41) is 3.66. The molecule has 6 nitrogen and oxygen atoms in total. The summed E-state index contributed by atoms with van der Waals surface area (Å²) in [7, 11) is -3.62. The van der Waals surface area contributed by atoms with Crippen LogP contribution in [0.5, 0.6) is 0 Å². The molecule has 32 heavy (non-hydrogen) atoms. The molecular formula is C23H24ClN3O3S2. The normalized spacial score (nSPS) is 15.9. The van der Waals surface area contributed by atoms with Crippen molar-refractivity contribution in [3.05, 3.63) is 88.7 Å². The second-order valence-corrected chi connectivity index (χ2v) is 11.1. The van der Waals surface area contributed by atoms with E-state index >= 15 is 0 Å². The van der Waals surface area contributed by atoms with Gasteiger partial charge in [-0.3, -0.25) is 4.79 Å². The summed E-state index contributed by atoms with van der Waals surface area (Å²) in [5.74, 6) is 1.18. The Balaban J connectivity index is 1.54. The maximum absolute atomic E-state index is 13.0. The third-order valence-electron chi connectivity index (χ3n) is 5.40. The third kappa shape index (κ3) is 5.20. The van der Waals surface area contributed by atoms with E-state index in [1.807, 2.05) is 54.6 Å². The second-order valence-electron chi connectivity index (χ2n) is 7.50. The summed E-state index contributed by atoms with van der Waals surface area (Å²) in [6.07, 6.45) is 1.89. The lowest BCUT2D eigenvalue weighted by Crippen LogP contribution is -2.37. The first-order valence-corrected chi connectivity index (χ1v) is 13.3. The van der Waals surface area contributed by atoms with Gasteiger partial charge in [0.05, 0.1) is 6.04 Å². The van der Waals surface area contributed by atoms with E-state index in [9.17, 15) is 13.2 Å². The van der Waals surface area contributed by atoms with Gasteiger partial charge >= 0.3 is 0 Å². The zero-order chi connectivity index (χ0) is 22.6. The minimum absolute atomic E-state index is 0.108. The van der Waals surface area contributed by atoms with Gasteiger partial charge in [-0.1, -0.05) is 60.1 Å². The van der Waals surface area contributed by atoms with Crippen LogP contribution in [0.2, 0.25) is 5.02 Å². The molecule has 0 aliphatic carbocycles. The predicted molar refractivity (Wildman–Crippen MR) is 129 cm³/mol. The predicted octanol–water partition coefficient (Wildman–Crippen LogP) is 4.12. The Kier molecular flexibility index (Phi) is 7.25. The Morgan fingerprint density at radius 2 is 1.78 bits per heavy atom. The summed E-state index contributed by atoms with van der Waals surface area (Å²) in [6.45, 7) is 0.960. The molecule has 1 unspecified atom stereocenters. The average Bonchev–Trinajstić information content (AvgIpc) is 3.33. The minimum atomic E-state index is -3.62. The van der Waals surface area contributed by atoms with Crippen LogP contribution in [0.15, 0.2) is 71.8 Å². The number of thioether (sulfide) groups is 1. The molecule has 1 atom stereocenters. The number of sulfonamides is 1. The number of nitrogens with zero attached hydrogens (tertiary/aromatic N) is 1. The molecule has 1 aromatic heterocycles. The van der Waals surface area contributed by atoms with Crippen molar-refractivity contribution in [2.24, 2.45) is 0 Å².